The van der Waals surface area contributed by atoms with E-state index in [-0.39, 0.29) is 10.6 Å². The van der Waals surface area contributed by atoms with Gasteiger partial charge in [-0.2, -0.15) is 0 Å². The van der Waals surface area contributed by atoms with E-state index in [2.05, 4.69) is 0 Å². The highest BCUT2D eigenvalue weighted by Gasteiger charge is 2.18. The van der Waals surface area contributed by atoms with E-state index in [1.807, 2.05) is 13.8 Å². The van der Waals surface area contributed by atoms with Crippen molar-refractivity contribution in [3.8, 4) is 11.5 Å². The first-order chi connectivity index (χ1) is 8.49. The molecule has 0 aliphatic carbocycles. The summed E-state index contributed by atoms with van der Waals surface area (Å²) in [5, 5.41) is 0. The Morgan fingerprint density at radius 2 is 1.72 bits per heavy atom. The lowest BCUT2D eigenvalue weighted by atomic mass is 10.3. The van der Waals surface area contributed by atoms with Gasteiger partial charge in [-0.15, -0.1) is 0 Å². The van der Waals surface area contributed by atoms with Crippen LogP contribution in [0.1, 0.15) is 26.7 Å². The van der Waals surface area contributed by atoms with Gasteiger partial charge in [-0.05, 0) is 25.0 Å². The summed E-state index contributed by atoms with van der Waals surface area (Å²) in [5.74, 6) is 0.732. The van der Waals surface area contributed by atoms with Gasteiger partial charge in [0, 0.05) is 16.7 Å². The normalized spacial score (nSPS) is 11.3. The van der Waals surface area contributed by atoms with Gasteiger partial charge < -0.3 is 9.47 Å². The van der Waals surface area contributed by atoms with Gasteiger partial charge in [-0.3, -0.25) is 0 Å². The fourth-order valence-electron chi connectivity index (χ4n) is 1.32. The monoisotopic (exact) mass is 292 g/mol. The van der Waals surface area contributed by atoms with E-state index in [9.17, 15) is 8.42 Å². The lowest BCUT2D eigenvalue weighted by Crippen LogP contribution is -2.02. The van der Waals surface area contributed by atoms with Gasteiger partial charge in [-0.1, -0.05) is 13.8 Å². The molecule has 0 amide bonds. The van der Waals surface area contributed by atoms with Crippen LogP contribution in [0.2, 0.25) is 0 Å². The highest BCUT2D eigenvalue weighted by atomic mass is 35.7. The molecule has 0 atom stereocenters. The van der Waals surface area contributed by atoms with Crippen molar-refractivity contribution in [3.63, 3.8) is 0 Å². The second-order valence-corrected chi connectivity index (χ2v) is 6.28. The molecule has 0 saturated heterocycles. The summed E-state index contributed by atoms with van der Waals surface area (Å²) in [5.41, 5.74) is 0. The van der Waals surface area contributed by atoms with E-state index < -0.39 is 9.05 Å². The average Bonchev–Trinajstić information content (AvgIpc) is 2.33. The molecule has 1 aromatic carbocycles. The largest absolute Gasteiger partial charge is 0.494 e. The molecule has 102 valence electrons. The molecule has 0 bridgehead atoms. The maximum atomic E-state index is 11.5. The van der Waals surface area contributed by atoms with Crippen molar-refractivity contribution in [2.45, 2.75) is 31.6 Å². The minimum Gasteiger partial charge on any atom is -0.494 e. The number of rotatable bonds is 7. The fourth-order valence-corrected chi connectivity index (χ4v) is 2.31. The Hall–Kier alpha value is -0.940. The molecule has 4 nitrogen and oxygen atoms in total. The van der Waals surface area contributed by atoms with Crippen molar-refractivity contribution in [2.75, 3.05) is 13.2 Å². The van der Waals surface area contributed by atoms with Crippen LogP contribution in [0.5, 0.6) is 11.5 Å². The molecule has 1 rings (SSSR count). The maximum absolute atomic E-state index is 11.5. The van der Waals surface area contributed by atoms with Gasteiger partial charge in [0.1, 0.15) is 16.4 Å². The zero-order valence-corrected chi connectivity index (χ0v) is 12.1. The fraction of sp³-hybridized carbons (Fsp3) is 0.500. The molecule has 0 unspecified atom stereocenters. The lowest BCUT2D eigenvalue weighted by molar-refractivity contribution is 0.301. The standard InChI is InChI=1S/C12H17ClO4S/c1-3-7-16-10-5-6-11(17-8-4-2)12(9-10)18(13,14)15/h5-6,9H,3-4,7-8H2,1-2H3. The first-order valence-electron chi connectivity index (χ1n) is 5.83. The summed E-state index contributed by atoms with van der Waals surface area (Å²) in [6.45, 7) is 4.87. The van der Waals surface area contributed by atoms with Gasteiger partial charge in [0.25, 0.3) is 9.05 Å². The van der Waals surface area contributed by atoms with Crippen LogP contribution in [-0.4, -0.2) is 21.6 Å². The molecular formula is C12H17ClO4S. The van der Waals surface area contributed by atoms with Gasteiger partial charge in [0.05, 0.1) is 13.2 Å². The summed E-state index contributed by atoms with van der Waals surface area (Å²) < 4.78 is 33.7. The topological polar surface area (TPSA) is 52.6 Å². The molecule has 0 aliphatic heterocycles. The van der Waals surface area contributed by atoms with Crippen LogP contribution in [-0.2, 0) is 9.05 Å². The Kier molecular flexibility index (Phi) is 5.75. The zero-order chi connectivity index (χ0) is 13.6. The van der Waals surface area contributed by atoms with E-state index in [0.29, 0.717) is 19.0 Å². The Morgan fingerprint density at radius 1 is 1.11 bits per heavy atom. The second kappa shape index (κ2) is 6.85. The molecular weight excluding hydrogens is 276 g/mol. The average molecular weight is 293 g/mol. The van der Waals surface area contributed by atoms with Crippen LogP contribution in [0.3, 0.4) is 0 Å². The molecule has 0 N–H and O–H groups in total. The Labute approximate surface area is 112 Å². The summed E-state index contributed by atoms with van der Waals surface area (Å²) in [6, 6.07) is 4.63. The first kappa shape index (κ1) is 15.1. The van der Waals surface area contributed by atoms with E-state index in [0.717, 1.165) is 12.8 Å². The van der Waals surface area contributed by atoms with Crippen molar-refractivity contribution in [1.29, 1.82) is 0 Å². The van der Waals surface area contributed by atoms with Crippen molar-refractivity contribution in [1.82, 2.24) is 0 Å². The van der Waals surface area contributed by atoms with E-state index in [4.69, 9.17) is 20.2 Å². The first-order valence-corrected chi connectivity index (χ1v) is 8.14. The third-order valence-electron chi connectivity index (χ3n) is 2.11. The Morgan fingerprint density at radius 3 is 2.28 bits per heavy atom. The predicted molar refractivity (Wildman–Crippen MR) is 71.1 cm³/mol. The SMILES string of the molecule is CCCOc1ccc(OCCC)c(S(=O)(=O)Cl)c1. The van der Waals surface area contributed by atoms with Crippen LogP contribution in [0, 0.1) is 0 Å². The summed E-state index contributed by atoms with van der Waals surface area (Å²) in [7, 11) is 1.54. The molecule has 0 saturated carbocycles. The number of halogens is 1. The summed E-state index contributed by atoms with van der Waals surface area (Å²) >= 11 is 0. The third-order valence-corrected chi connectivity index (χ3v) is 3.46. The van der Waals surface area contributed by atoms with Crippen LogP contribution < -0.4 is 9.47 Å². The zero-order valence-electron chi connectivity index (χ0n) is 10.5. The minimum absolute atomic E-state index is 0.0498. The molecule has 18 heavy (non-hydrogen) atoms. The molecule has 0 heterocycles. The smallest absolute Gasteiger partial charge is 0.265 e. The molecule has 6 heteroatoms. The van der Waals surface area contributed by atoms with E-state index in [1.165, 1.54) is 6.07 Å². The maximum Gasteiger partial charge on any atom is 0.265 e. The molecule has 0 radical (unpaired) electrons. The van der Waals surface area contributed by atoms with Crippen LogP contribution >= 0.6 is 10.7 Å². The predicted octanol–water partition coefficient (Wildman–Crippen LogP) is 3.19. The quantitative estimate of drug-likeness (QED) is 0.724. The lowest BCUT2D eigenvalue weighted by Gasteiger charge is -2.11. The number of benzene rings is 1. The molecule has 0 aromatic heterocycles. The molecule has 1 aromatic rings. The number of hydrogen-bond donors (Lipinski definition) is 0. The van der Waals surface area contributed by atoms with Crippen molar-refractivity contribution >= 4 is 19.7 Å². The van der Waals surface area contributed by atoms with Crippen molar-refractivity contribution in [3.05, 3.63) is 18.2 Å². The van der Waals surface area contributed by atoms with Crippen molar-refractivity contribution in [2.24, 2.45) is 0 Å². The minimum atomic E-state index is -3.84. The van der Waals surface area contributed by atoms with Crippen LogP contribution in [0.4, 0.5) is 0 Å². The number of hydrogen-bond acceptors (Lipinski definition) is 4. The van der Waals surface area contributed by atoms with Crippen LogP contribution in [0.15, 0.2) is 23.1 Å². The van der Waals surface area contributed by atoms with Gasteiger partial charge in [-0.25, -0.2) is 8.42 Å². The molecule has 0 spiro atoms. The molecule has 0 aliphatic rings. The Balaban J connectivity index is 3.05. The van der Waals surface area contributed by atoms with Crippen LogP contribution in [0.25, 0.3) is 0 Å². The van der Waals surface area contributed by atoms with Gasteiger partial charge in [0.2, 0.25) is 0 Å². The summed E-state index contributed by atoms with van der Waals surface area (Å²) in [6.07, 6.45) is 1.63. The van der Waals surface area contributed by atoms with Crippen molar-refractivity contribution < 1.29 is 17.9 Å². The van der Waals surface area contributed by atoms with E-state index in [1.54, 1.807) is 12.1 Å². The Bertz CT molecular complexity index is 485. The van der Waals surface area contributed by atoms with Gasteiger partial charge >= 0.3 is 0 Å². The summed E-state index contributed by atoms with van der Waals surface area (Å²) in [4.78, 5) is -0.0498. The second-order valence-electron chi connectivity index (χ2n) is 3.74. The number of ether oxygens (including phenoxy) is 2. The third kappa shape index (κ3) is 4.38. The van der Waals surface area contributed by atoms with E-state index >= 15 is 0 Å². The highest BCUT2D eigenvalue weighted by molar-refractivity contribution is 8.13. The molecule has 0 fully saturated rings. The van der Waals surface area contributed by atoms with Gasteiger partial charge in [0.15, 0.2) is 0 Å². The highest BCUT2D eigenvalue weighted by Crippen LogP contribution is 2.31.